The molecule has 1 saturated heterocycles. The molecule has 2 aliphatic rings. The van der Waals surface area contributed by atoms with Crippen LogP contribution in [0.4, 0.5) is 0 Å². The normalized spacial score (nSPS) is 25.4. The Balaban J connectivity index is 1.59. The van der Waals surface area contributed by atoms with Crippen molar-refractivity contribution in [3.05, 3.63) is 23.7 Å². The smallest absolute Gasteiger partial charge is 0.122 e. The van der Waals surface area contributed by atoms with E-state index in [1.807, 2.05) is 6.26 Å². The van der Waals surface area contributed by atoms with E-state index in [0.29, 0.717) is 6.04 Å². The van der Waals surface area contributed by atoms with Crippen molar-refractivity contribution in [2.24, 2.45) is 0 Å². The third-order valence-corrected chi connectivity index (χ3v) is 4.53. The maximum atomic E-state index is 5.73. The quantitative estimate of drug-likeness (QED) is 0.882. The summed E-state index contributed by atoms with van der Waals surface area (Å²) in [4.78, 5) is 2.59. The number of hydrogen-bond donors (Lipinski definition) is 1. The van der Waals surface area contributed by atoms with Crippen molar-refractivity contribution in [1.82, 2.24) is 10.2 Å². The minimum absolute atomic E-state index is 0.692. The summed E-state index contributed by atoms with van der Waals surface area (Å²) in [5, 5.41) is 3.58. The van der Waals surface area contributed by atoms with E-state index in [1.165, 1.54) is 56.4 Å². The van der Waals surface area contributed by atoms with Crippen LogP contribution in [0.2, 0.25) is 0 Å². The molecule has 19 heavy (non-hydrogen) atoms. The summed E-state index contributed by atoms with van der Waals surface area (Å²) in [6, 6.07) is 3.59. The Morgan fingerprint density at radius 3 is 3.00 bits per heavy atom. The molecule has 2 heterocycles. The van der Waals surface area contributed by atoms with E-state index in [2.05, 4.69) is 23.2 Å². The number of nitrogens with zero attached hydrogens (tertiary/aromatic N) is 1. The van der Waals surface area contributed by atoms with Crippen LogP contribution in [0.15, 0.2) is 16.7 Å². The van der Waals surface area contributed by atoms with Gasteiger partial charge in [-0.3, -0.25) is 4.90 Å². The van der Waals surface area contributed by atoms with E-state index in [-0.39, 0.29) is 0 Å². The molecule has 1 aromatic heterocycles. The van der Waals surface area contributed by atoms with Gasteiger partial charge in [0.25, 0.3) is 0 Å². The first-order valence-electron chi connectivity index (χ1n) is 7.85. The average Bonchev–Trinajstić information content (AvgIpc) is 3.16. The van der Waals surface area contributed by atoms with Crippen LogP contribution in [-0.4, -0.2) is 23.5 Å². The van der Waals surface area contributed by atoms with Crippen LogP contribution in [-0.2, 0) is 13.1 Å². The second-order valence-electron chi connectivity index (χ2n) is 6.19. The lowest BCUT2D eigenvalue weighted by molar-refractivity contribution is 0.188. The van der Waals surface area contributed by atoms with Gasteiger partial charge in [-0.1, -0.05) is 12.8 Å². The highest BCUT2D eigenvalue weighted by atomic mass is 16.3. The van der Waals surface area contributed by atoms with Gasteiger partial charge in [0.1, 0.15) is 5.76 Å². The van der Waals surface area contributed by atoms with Gasteiger partial charge < -0.3 is 9.73 Å². The molecule has 3 rings (SSSR count). The highest BCUT2D eigenvalue weighted by Crippen LogP contribution is 2.23. The van der Waals surface area contributed by atoms with Gasteiger partial charge in [0, 0.05) is 24.2 Å². The Kier molecular flexibility index (Phi) is 4.24. The Morgan fingerprint density at radius 2 is 2.16 bits per heavy atom. The van der Waals surface area contributed by atoms with Crippen LogP contribution < -0.4 is 5.32 Å². The molecule has 3 nitrogen and oxygen atoms in total. The number of nitrogens with one attached hydrogen (secondary N) is 1. The zero-order valence-corrected chi connectivity index (χ0v) is 12.0. The SMILES string of the molecule is CC1CCCCCN1Cc1occc1CNC1CC1. The molecule has 1 unspecified atom stereocenters. The fourth-order valence-corrected chi connectivity index (χ4v) is 2.96. The summed E-state index contributed by atoms with van der Waals surface area (Å²) in [7, 11) is 0. The fraction of sp³-hybridized carbons (Fsp3) is 0.750. The summed E-state index contributed by atoms with van der Waals surface area (Å²) >= 11 is 0. The molecular weight excluding hydrogens is 236 g/mol. The lowest BCUT2D eigenvalue weighted by Gasteiger charge is -2.26. The molecule has 1 aromatic rings. The number of rotatable bonds is 5. The maximum Gasteiger partial charge on any atom is 0.122 e. The highest BCUT2D eigenvalue weighted by molar-refractivity contribution is 5.17. The van der Waals surface area contributed by atoms with Crippen LogP contribution in [0.25, 0.3) is 0 Å². The zero-order valence-electron chi connectivity index (χ0n) is 12.0. The molecule has 1 atom stereocenters. The van der Waals surface area contributed by atoms with Gasteiger partial charge in [-0.15, -0.1) is 0 Å². The van der Waals surface area contributed by atoms with Crippen molar-refractivity contribution in [2.75, 3.05) is 6.54 Å². The third-order valence-electron chi connectivity index (χ3n) is 4.53. The number of likely N-dealkylation sites (tertiary alicyclic amines) is 1. The molecule has 1 N–H and O–H groups in total. The van der Waals surface area contributed by atoms with Crippen molar-refractivity contribution in [2.45, 2.75) is 70.6 Å². The first-order chi connectivity index (χ1) is 9.33. The van der Waals surface area contributed by atoms with Crippen LogP contribution >= 0.6 is 0 Å². The molecular formula is C16H26N2O. The van der Waals surface area contributed by atoms with E-state index in [9.17, 15) is 0 Å². The van der Waals surface area contributed by atoms with Crippen molar-refractivity contribution < 1.29 is 4.42 Å². The molecule has 1 aliphatic carbocycles. The first kappa shape index (κ1) is 13.2. The van der Waals surface area contributed by atoms with Gasteiger partial charge in [0.05, 0.1) is 12.8 Å². The zero-order chi connectivity index (χ0) is 13.1. The highest BCUT2D eigenvalue weighted by Gasteiger charge is 2.22. The lowest BCUT2D eigenvalue weighted by atomic mass is 10.1. The second kappa shape index (κ2) is 6.10. The number of furan rings is 1. The predicted octanol–water partition coefficient (Wildman–Crippen LogP) is 3.30. The molecule has 3 heteroatoms. The summed E-state index contributed by atoms with van der Waals surface area (Å²) < 4.78 is 5.73. The molecule has 0 radical (unpaired) electrons. The van der Waals surface area contributed by atoms with E-state index < -0.39 is 0 Å². The summed E-state index contributed by atoms with van der Waals surface area (Å²) in [5.74, 6) is 1.17. The minimum atomic E-state index is 0.692. The monoisotopic (exact) mass is 262 g/mol. The summed E-state index contributed by atoms with van der Waals surface area (Å²) in [5.41, 5.74) is 1.35. The van der Waals surface area contributed by atoms with Gasteiger partial charge >= 0.3 is 0 Å². The Labute approximate surface area is 116 Å². The topological polar surface area (TPSA) is 28.4 Å². The van der Waals surface area contributed by atoms with Crippen molar-refractivity contribution in [1.29, 1.82) is 0 Å². The van der Waals surface area contributed by atoms with Crippen LogP contribution in [0, 0.1) is 0 Å². The summed E-state index contributed by atoms with van der Waals surface area (Å²) in [6.07, 6.45) is 9.96. The van der Waals surface area contributed by atoms with Crippen molar-refractivity contribution >= 4 is 0 Å². The largest absolute Gasteiger partial charge is 0.468 e. The van der Waals surface area contributed by atoms with Crippen LogP contribution in [0.1, 0.15) is 56.8 Å². The second-order valence-corrected chi connectivity index (χ2v) is 6.19. The predicted molar refractivity (Wildman–Crippen MR) is 76.9 cm³/mol. The average molecular weight is 262 g/mol. The van der Waals surface area contributed by atoms with Crippen LogP contribution in [0.5, 0.6) is 0 Å². The van der Waals surface area contributed by atoms with Gasteiger partial charge in [0.15, 0.2) is 0 Å². The molecule has 0 spiro atoms. The van der Waals surface area contributed by atoms with E-state index >= 15 is 0 Å². The van der Waals surface area contributed by atoms with Gasteiger partial charge in [-0.2, -0.15) is 0 Å². The summed E-state index contributed by atoms with van der Waals surface area (Å²) in [6.45, 7) is 5.53. The molecule has 0 amide bonds. The first-order valence-corrected chi connectivity index (χ1v) is 7.85. The van der Waals surface area contributed by atoms with Crippen LogP contribution in [0.3, 0.4) is 0 Å². The van der Waals surface area contributed by atoms with E-state index in [0.717, 1.165) is 19.1 Å². The Morgan fingerprint density at radius 1 is 1.26 bits per heavy atom. The number of hydrogen-bond acceptors (Lipinski definition) is 3. The van der Waals surface area contributed by atoms with Gasteiger partial charge in [-0.05, 0) is 45.2 Å². The lowest BCUT2D eigenvalue weighted by Crippen LogP contribution is -2.32. The molecule has 2 fully saturated rings. The van der Waals surface area contributed by atoms with E-state index in [1.54, 1.807) is 0 Å². The Bertz CT molecular complexity index is 397. The maximum absolute atomic E-state index is 5.73. The van der Waals surface area contributed by atoms with Crippen molar-refractivity contribution in [3.63, 3.8) is 0 Å². The fourth-order valence-electron chi connectivity index (χ4n) is 2.96. The third kappa shape index (κ3) is 3.61. The minimum Gasteiger partial charge on any atom is -0.468 e. The molecule has 106 valence electrons. The molecule has 0 aromatic carbocycles. The van der Waals surface area contributed by atoms with Gasteiger partial charge in [0.2, 0.25) is 0 Å². The van der Waals surface area contributed by atoms with Gasteiger partial charge in [-0.25, -0.2) is 0 Å². The van der Waals surface area contributed by atoms with E-state index in [4.69, 9.17) is 4.42 Å². The molecule has 0 bridgehead atoms. The standard InChI is InChI=1S/C16H26N2O/c1-13-5-3-2-4-9-18(13)12-16-14(8-10-19-16)11-17-15-6-7-15/h8,10,13,15,17H,2-7,9,11-12H2,1H3. The van der Waals surface area contributed by atoms with Crippen molar-refractivity contribution in [3.8, 4) is 0 Å². The Hall–Kier alpha value is -0.800. The molecule has 1 saturated carbocycles. The molecule has 1 aliphatic heterocycles.